The zero-order chi connectivity index (χ0) is 13.1. The predicted molar refractivity (Wildman–Crippen MR) is 68.8 cm³/mol. The van der Waals surface area contributed by atoms with Crippen LogP contribution in [0.25, 0.3) is 0 Å². The van der Waals surface area contributed by atoms with E-state index in [1.165, 1.54) is 0 Å². The first-order valence-corrected chi connectivity index (χ1v) is 6.54. The average Bonchev–Trinajstić information content (AvgIpc) is 2.30. The molecule has 1 aliphatic rings. The van der Waals surface area contributed by atoms with Gasteiger partial charge in [0.1, 0.15) is 6.10 Å². The Kier molecular flexibility index (Phi) is 4.43. The fraction of sp³-hybridized carbons (Fsp3) is 0.615. The number of hydrogen-bond acceptors (Lipinski definition) is 4. The second kappa shape index (κ2) is 5.87. The van der Waals surface area contributed by atoms with Crippen molar-refractivity contribution in [2.45, 2.75) is 51.6 Å². The smallest absolute Gasteiger partial charge is 0.213 e. The maximum atomic E-state index is 9.11. The van der Waals surface area contributed by atoms with Crippen molar-refractivity contribution >= 4 is 11.6 Å². The Morgan fingerprint density at radius 2 is 2.06 bits per heavy atom. The van der Waals surface area contributed by atoms with Crippen LogP contribution in [-0.2, 0) is 11.3 Å². The monoisotopic (exact) mass is 271 g/mol. The topological polar surface area (TPSA) is 51.6 Å². The Morgan fingerprint density at radius 1 is 1.39 bits per heavy atom. The molecule has 2 atom stereocenters. The third-order valence-corrected chi connectivity index (χ3v) is 3.33. The fourth-order valence-electron chi connectivity index (χ4n) is 2.25. The summed E-state index contributed by atoms with van der Waals surface area (Å²) in [6.45, 7) is 3.90. The van der Waals surface area contributed by atoms with Gasteiger partial charge in [0.2, 0.25) is 5.88 Å². The number of nitrogens with zero attached hydrogens (tertiary/aromatic N) is 1. The van der Waals surface area contributed by atoms with E-state index in [9.17, 15) is 0 Å². The molecule has 0 aromatic carbocycles. The summed E-state index contributed by atoms with van der Waals surface area (Å²) in [4.78, 5) is 4.19. The van der Waals surface area contributed by atoms with Crippen molar-refractivity contribution in [3.05, 3.63) is 22.8 Å². The highest BCUT2D eigenvalue weighted by Crippen LogP contribution is 2.25. The van der Waals surface area contributed by atoms with Crippen molar-refractivity contribution in [3.8, 4) is 5.88 Å². The summed E-state index contributed by atoms with van der Waals surface area (Å²) in [6.07, 6.45) is 2.20. The van der Waals surface area contributed by atoms with Crippen LogP contribution >= 0.6 is 11.6 Å². The summed E-state index contributed by atoms with van der Waals surface area (Å²) in [7, 11) is 0. The number of ether oxygens (including phenoxy) is 2. The summed E-state index contributed by atoms with van der Waals surface area (Å²) >= 11 is 5.89. The third-order valence-electron chi connectivity index (χ3n) is 2.98. The Balaban J connectivity index is 2.04. The molecule has 2 heterocycles. The molecule has 5 heteroatoms. The molecule has 4 nitrogen and oxygen atoms in total. The van der Waals surface area contributed by atoms with E-state index in [0.717, 1.165) is 12.8 Å². The van der Waals surface area contributed by atoms with Crippen LogP contribution in [0.2, 0.25) is 5.02 Å². The van der Waals surface area contributed by atoms with E-state index < -0.39 is 0 Å². The Bertz CT molecular complexity index is 403. The van der Waals surface area contributed by atoms with E-state index in [1.54, 1.807) is 12.1 Å². The standard InChI is InChI=1S/C13H18ClNO3/c1-8-5-10(6-9(2)17-8)18-13-4-3-11(14)12(7-16)15-13/h3-4,8-10,16H,5-7H2,1-2H3. The second-order valence-electron chi connectivity index (χ2n) is 4.70. The summed E-state index contributed by atoms with van der Waals surface area (Å²) < 4.78 is 11.5. The van der Waals surface area contributed by atoms with Gasteiger partial charge in [-0.25, -0.2) is 4.98 Å². The summed E-state index contributed by atoms with van der Waals surface area (Å²) in [5.74, 6) is 0.509. The molecule has 100 valence electrons. The second-order valence-corrected chi connectivity index (χ2v) is 5.11. The molecule has 0 saturated carbocycles. The molecule has 1 aromatic heterocycles. The van der Waals surface area contributed by atoms with Crippen LogP contribution in [0.3, 0.4) is 0 Å². The van der Waals surface area contributed by atoms with Gasteiger partial charge >= 0.3 is 0 Å². The lowest BCUT2D eigenvalue weighted by molar-refractivity contribution is -0.0730. The van der Waals surface area contributed by atoms with Crippen LogP contribution in [0, 0.1) is 0 Å². The zero-order valence-corrected chi connectivity index (χ0v) is 11.4. The van der Waals surface area contributed by atoms with E-state index in [4.69, 9.17) is 26.2 Å². The maximum absolute atomic E-state index is 9.11. The number of pyridine rings is 1. The van der Waals surface area contributed by atoms with Gasteiger partial charge in [-0.2, -0.15) is 0 Å². The zero-order valence-electron chi connectivity index (χ0n) is 10.6. The minimum Gasteiger partial charge on any atom is -0.474 e. The molecular weight excluding hydrogens is 254 g/mol. The molecule has 1 fully saturated rings. The quantitative estimate of drug-likeness (QED) is 0.918. The number of rotatable bonds is 3. The first-order chi connectivity index (χ1) is 8.58. The molecule has 1 aromatic rings. The van der Waals surface area contributed by atoms with Gasteiger partial charge in [0.05, 0.1) is 29.5 Å². The van der Waals surface area contributed by atoms with Gasteiger partial charge in [0.25, 0.3) is 0 Å². The van der Waals surface area contributed by atoms with Crippen LogP contribution in [0.5, 0.6) is 5.88 Å². The van der Waals surface area contributed by atoms with Crippen molar-refractivity contribution in [3.63, 3.8) is 0 Å². The normalized spacial score (nSPS) is 28.1. The average molecular weight is 272 g/mol. The van der Waals surface area contributed by atoms with E-state index in [2.05, 4.69) is 4.98 Å². The van der Waals surface area contributed by atoms with Crippen molar-refractivity contribution < 1.29 is 14.6 Å². The molecule has 0 spiro atoms. The summed E-state index contributed by atoms with van der Waals surface area (Å²) in [5.41, 5.74) is 0.447. The van der Waals surface area contributed by atoms with Crippen molar-refractivity contribution in [1.29, 1.82) is 0 Å². The highest BCUT2D eigenvalue weighted by atomic mass is 35.5. The Labute approximate surface area is 112 Å². The molecule has 0 amide bonds. The van der Waals surface area contributed by atoms with E-state index >= 15 is 0 Å². The third kappa shape index (κ3) is 3.34. The lowest BCUT2D eigenvalue weighted by atomic mass is 10.0. The highest BCUT2D eigenvalue weighted by Gasteiger charge is 2.26. The van der Waals surface area contributed by atoms with Crippen LogP contribution in [-0.4, -0.2) is 28.4 Å². The van der Waals surface area contributed by atoms with Crippen LogP contribution in [0.1, 0.15) is 32.4 Å². The molecule has 1 N–H and O–H groups in total. The Hall–Kier alpha value is -0.840. The SMILES string of the molecule is CC1CC(Oc2ccc(Cl)c(CO)n2)CC(C)O1. The molecular formula is C13H18ClNO3. The van der Waals surface area contributed by atoms with Gasteiger partial charge in [-0.15, -0.1) is 0 Å². The molecule has 0 bridgehead atoms. The minimum absolute atomic E-state index is 0.101. The number of aromatic nitrogens is 1. The van der Waals surface area contributed by atoms with Crippen LogP contribution in [0.15, 0.2) is 12.1 Å². The lowest BCUT2D eigenvalue weighted by Crippen LogP contribution is -2.35. The van der Waals surface area contributed by atoms with Gasteiger partial charge in [-0.05, 0) is 19.9 Å². The Morgan fingerprint density at radius 3 is 2.67 bits per heavy atom. The van der Waals surface area contributed by atoms with Gasteiger partial charge in [0, 0.05) is 18.9 Å². The lowest BCUT2D eigenvalue weighted by Gasteiger charge is -2.32. The van der Waals surface area contributed by atoms with Crippen LogP contribution < -0.4 is 4.74 Å². The molecule has 2 rings (SSSR count). The van der Waals surface area contributed by atoms with Crippen molar-refractivity contribution in [1.82, 2.24) is 4.98 Å². The van der Waals surface area contributed by atoms with Crippen molar-refractivity contribution in [2.75, 3.05) is 0 Å². The number of halogens is 1. The number of aliphatic hydroxyl groups excluding tert-OH is 1. The van der Waals surface area contributed by atoms with Crippen LogP contribution in [0.4, 0.5) is 0 Å². The molecule has 18 heavy (non-hydrogen) atoms. The van der Waals surface area contributed by atoms with Gasteiger partial charge < -0.3 is 14.6 Å². The minimum atomic E-state index is -0.184. The largest absolute Gasteiger partial charge is 0.474 e. The number of aliphatic hydroxyl groups is 1. The fourth-order valence-corrected chi connectivity index (χ4v) is 2.42. The molecule has 0 radical (unpaired) electrons. The predicted octanol–water partition coefficient (Wildman–Crippen LogP) is 2.56. The van der Waals surface area contributed by atoms with Gasteiger partial charge in [-0.1, -0.05) is 11.6 Å². The first kappa shape index (κ1) is 13.6. The summed E-state index contributed by atoms with van der Waals surface area (Å²) in [6, 6.07) is 3.42. The van der Waals surface area contributed by atoms with Gasteiger partial charge in [0.15, 0.2) is 0 Å². The van der Waals surface area contributed by atoms with E-state index in [-0.39, 0.29) is 24.9 Å². The molecule has 1 aliphatic heterocycles. The van der Waals surface area contributed by atoms with Gasteiger partial charge in [-0.3, -0.25) is 0 Å². The van der Waals surface area contributed by atoms with E-state index in [0.29, 0.717) is 16.6 Å². The molecule has 0 aliphatic carbocycles. The molecule has 1 saturated heterocycles. The highest BCUT2D eigenvalue weighted by molar-refractivity contribution is 6.31. The first-order valence-electron chi connectivity index (χ1n) is 6.17. The van der Waals surface area contributed by atoms with Crippen molar-refractivity contribution in [2.24, 2.45) is 0 Å². The summed E-state index contributed by atoms with van der Waals surface area (Å²) in [5, 5.41) is 9.57. The van der Waals surface area contributed by atoms with E-state index in [1.807, 2.05) is 13.8 Å². The number of hydrogen-bond donors (Lipinski definition) is 1. The molecule has 2 unspecified atom stereocenters. The maximum Gasteiger partial charge on any atom is 0.213 e.